The summed E-state index contributed by atoms with van der Waals surface area (Å²) in [7, 11) is 0. The van der Waals surface area contributed by atoms with Gasteiger partial charge in [-0.15, -0.1) is 0 Å². The number of halogens is 3. The maximum atomic E-state index is 14.0. The molecule has 0 bridgehead atoms. The maximum absolute atomic E-state index is 14.0. The quantitative estimate of drug-likeness (QED) is 0.484. The molecule has 0 atom stereocenters. The highest BCUT2D eigenvalue weighted by Gasteiger charge is 2.21. The molecule has 2 heterocycles. The Labute approximate surface area is 163 Å². The molecule has 4 aromatic rings. The molecule has 0 aliphatic rings. The molecule has 0 fully saturated rings. The molecule has 0 saturated heterocycles. The average Bonchev–Trinajstić information content (AvgIpc) is 3.09. The number of carbonyl (C=O) groups excluding carboxylic acids is 1. The molecular weight excluding hydrogens is 383 g/mol. The molecule has 0 radical (unpaired) electrons. The van der Waals surface area contributed by atoms with Gasteiger partial charge in [0.1, 0.15) is 0 Å². The fourth-order valence-corrected chi connectivity index (χ4v) is 2.96. The minimum atomic E-state index is -1.66. The van der Waals surface area contributed by atoms with E-state index in [1.165, 1.54) is 6.07 Å². The normalized spacial score (nSPS) is 11.1. The number of nitrogens with one attached hydrogen (secondary N) is 1. The molecule has 8 heteroatoms. The first kappa shape index (κ1) is 18.7. The van der Waals surface area contributed by atoms with Gasteiger partial charge >= 0.3 is 0 Å². The molecule has 2 aromatic heterocycles. The van der Waals surface area contributed by atoms with E-state index in [-0.39, 0.29) is 11.3 Å². The summed E-state index contributed by atoms with van der Waals surface area (Å²) in [5.74, 6) is -5.22. The van der Waals surface area contributed by atoms with Crippen molar-refractivity contribution in [3.05, 3.63) is 76.7 Å². The van der Waals surface area contributed by atoms with Crippen LogP contribution in [0.5, 0.6) is 0 Å². The molecule has 2 aromatic carbocycles. The summed E-state index contributed by atoms with van der Waals surface area (Å²) in [6.45, 7) is 3.57. The predicted octanol–water partition coefficient (Wildman–Crippen LogP) is 5.18. The first-order chi connectivity index (χ1) is 13.8. The highest BCUT2D eigenvalue weighted by molar-refractivity contribution is 6.13. The van der Waals surface area contributed by atoms with Crippen molar-refractivity contribution in [1.29, 1.82) is 0 Å². The van der Waals surface area contributed by atoms with Crippen molar-refractivity contribution in [3.63, 3.8) is 0 Å². The van der Waals surface area contributed by atoms with Crippen LogP contribution >= 0.6 is 0 Å². The van der Waals surface area contributed by atoms with Gasteiger partial charge in [0.05, 0.1) is 28.0 Å². The lowest BCUT2D eigenvalue weighted by molar-refractivity contribution is 0.102. The van der Waals surface area contributed by atoms with E-state index < -0.39 is 29.0 Å². The van der Waals surface area contributed by atoms with Crippen LogP contribution in [0.3, 0.4) is 0 Å². The summed E-state index contributed by atoms with van der Waals surface area (Å²) >= 11 is 0. The van der Waals surface area contributed by atoms with Gasteiger partial charge < -0.3 is 9.84 Å². The Balaban J connectivity index is 1.81. The Bertz CT molecular complexity index is 1250. The average molecular weight is 397 g/mol. The predicted molar refractivity (Wildman–Crippen MR) is 101 cm³/mol. The van der Waals surface area contributed by atoms with Crippen LogP contribution in [0.4, 0.5) is 18.9 Å². The number of hydrogen-bond donors (Lipinski definition) is 1. The highest BCUT2D eigenvalue weighted by Crippen LogP contribution is 2.28. The molecule has 1 amide bonds. The lowest BCUT2D eigenvalue weighted by Crippen LogP contribution is -2.15. The fourth-order valence-electron chi connectivity index (χ4n) is 2.96. The maximum Gasteiger partial charge on any atom is 0.259 e. The Morgan fingerprint density at radius 1 is 1.00 bits per heavy atom. The molecule has 5 nitrogen and oxygen atoms in total. The number of anilines is 1. The van der Waals surface area contributed by atoms with Crippen LogP contribution in [0.2, 0.25) is 0 Å². The first-order valence-corrected chi connectivity index (χ1v) is 8.64. The standard InChI is InChI=1S/C21H14F3N3O2/c1-10-3-5-12(6-4-10)16-9-13(17-11(2)27-29-21(17)26-16)20(28)25-15-8-7-14(22)18(23)19(15)24/h3-9H,1-2H3,(H,25,28). The van der Waals surface area contributed by atoms with Crippen molar-refractivity contribution >= 4 is 22.7 Å². The van der Waals surface area contributed by atoms with E-state index in [1.54, 1.807) is 6.92 Å². The lowest BCUT2D eigenvalue weighted by atomic mass is 10.0. The van der Waals surface area contributed by atoms with E-state index in [1.807, 2.05) is 31.2 Å². The number of aryl methyl sites for hydroxylation is 2. The number of rotatable bonds is 3. The minimum Gasteiger partial charge on any atom is -0.335 e. The van der Waals surface area contributed by atoms with Gasteiger partial charge in [-0.1, -0.05) is 35.0 Å². The zero-order valence-electron chi connectivity index (χ0n) is 15.4. The third kappa shape index (κ3) is 3.33. The summed E-state index contributed by atoms with van der Waals surface area (Å²) in [6.07, 6.45) is 0. The Morgan fingerprint density at radius 3 is 2.45 bits per heavy atom. The van der Waals surface area contributed by atoms with Crippen molar-refractivity contribution in [1.82, 2.24) is 10.1 Å². The van der Waals surface area contributed by atoms with Crippen LogP contribution in [0.15, 0.2) is 47.0 Å². The summed E-state index contributed by atoms with van der Waals surface area (Å²) < 4.78 is 45.8. The van der Waals surface area contributed by atoms with Crippen LogP contribution < -0.4 is 5.32 Å². The monoisotopic (exact) mass is 397 g/mol. The molecule has 146 valence electrons. The number of pyridine rings is 1. The second-order valence-electron chi connectivity index (χ2n) is 6.55. The Morgan fingerprint density at radius 2 is 1.72 bits per heavy atom. The second-order valence-corrected chi connectivity index (χ2v) is 6.55. The summed E-state index contributed by atoms with van der Waals surface area (Å²) in [6, 6.07) is 10.7. The molecule has 0 saturated carbocycles. The van der Waals surface area contributed by atoms with Gasteiger partial charge in [0.15, 0.2) is 17.5 Å². The van der Waals surface area contributed by atoms with E-state index in [2.05, 4.69) is 15.5 Å². The number of benzene rings is 2. The van der Waals surface area contributed by atoms with E-state index in [4.69, 9.17) is 4.52 Å². The molecule has 0 aliphatic carbocycles. The zero-order valence-corrected chi connectivity index (χ0v) is 15.4. The van der Waals surface area contributed by atoms with Crippen LogP contribution in [0.25, 0.3) is 22.4 Å². The van der Waals surface area contributed by atoms with Gasteiger partial charge in [-0.25, -0.2) is 18.2 Å². The molecule has 0 unspecified atom stereocenters. The summed E-state index contributed by atoms with van der Waals surface area (Å²) in [5.41, 5.74) is 2.43. The van der Waals surface area contributed by atoms with Crippen molar-refractivity contribution < 1.29 is 22.5 Å². The largest absolute Gasteiger partial charge is 0.335 e. The van der Waals surface area contributed by atoms with Gasteiger partial charge in [-0.3, -0.25) is 4.79 Å². The molecule has 4 rings (SSSR count). The van der Waals surface area contributed by atoms with Gasteiger partial charge in [0.25, 0.3) is 11.6 Å². The number of fused-ring (bicyclic) bond motifs is 1. The number of amides is 1. The number of aromatic nitrogens is 2. The summed E-state index contributed by atoms with van der Waals surface area (Å²) in [4.78, 5) is 17.3. The van der Waals surface area contributed by atoms with Crippen molar-refractivity contribution in [2.45, 2.75) is 13.8 Å². The zero-order chi connectivity index (χ0) is 20.7. The molecular formula is C21H14F3N3O2. The third-order valence-electron chi connectivity index (χ3n) is 4.49. The summed E-state index contributed by atoms with van der Waals surface area (Å²) in [5, 5.41) is 6.46. The number of hydrogen-bond acceptors (Lipinski definition) is 4. The molecule has 0 aliphatic heterocycles. The van der Waals surface area contributed by atoms with Crippen molar-refractivity contribution in [2.75, 3.05) is 5.32 Å². The topological polar surface area (TPSA) is 68.0 Å². The van der Waals surface area contributed by atoms with Gasteiger partial charge in [-0.2, -0.15) is 0 Å². The second kappa shape index (κ2) is 7.05. The first-order valence-electron chi connectivity index (χ1n) is 8.64. The molecule has 0 spiro atoms. The minimum absolute atomic E-state index is 0.119. The van der Waals surface area contributed by atoms with Gasteiger partial charge in [-0.05, 0) is 32.0 Å². The Hall–Kier alpha value is -3.68. The van der Waals surface area contributed by atoms with Gasteiger partial charge in [0.2, 0.25) is 0 Å². The van der Waals surface area contributed by atoms with Crippen molar-refractivity contribution in [2.24, 2.45) is 0 Å². The van der Waals surface area contributed by atoms with E-state index >= 15 is 0 Å². The number of nitrogens with zero attached hydrogens (tertiary/aromatic N) is 2. The third-order valence-corrected chi connectivity index (χ3v) is 4.49. The number of carbonyl (C=O) groups is 1. The molecule has 29 heavy (non-hydrogen) atoms. The van der Waals surface area contributed by atoms with Crippen molar-refractivity contribution in [3.8, 4) is 11.3 Å². The lowest BCUT2D eigenvalue weighted by Gasteiger charge is -2.10. The van der Waals surface area contributed by atoms with E-state index in [9.17, 15) is 18.0 Å². The van der Waals surface area contributed by atoms with Crippen LogP contribution in [0, 0.1) is 31.3 Å². The SMILES string of the molecule is Cc1ccc(-c2cc(C(=O)Nc3ccc(F)c(F)c3F)c3c(C)noc3n2)cc1. The van der Waals surface area contributed by atoms with Crippen LogP contribution in [-0.2, 0) is 0 Å². The molecule has 1 N–H and O–H groups in total. The van der Waals surface area contributed by atoms with E-state index in [0.29, 0.717) is 16.8 Å². The van der Waals surface area contributed by atoms with E-state index in [0.717, 1.165) is 23.3 Å². The van der Waals surface area contributed by atoms with Crippen LogP contribution in [-0.4, -0.2) is 16.0 Å². The Kier molecular flexibility index (Phi) is 4.54. The highest BCUT2D eigenvalue weighted by atomic mass is 19.2. The van der Waals surface area contributed by atoms with Crippen LogP contribution in [0.1, 0.15) is 21.6 Å². The fraction of sp³-hybridized carbons (Fsp3) is 0.0952. The van der Waals surface area contributed by atoms with Gasteiger partial charge in [0, 0.05) is 5.56 Å². The smallest absolute Gasteiger partial charge is 0.259 e.